The number of hydrogen-bond donors (Lipinski definition) is 2. The van der Waals surface area contributed by atoms with Gasteiger partial charge in [0.2, 0.25) is 5.89 Å². The molecule has 2 aromatic carbocycles. The molecule has 0 saturated carbocycles. The van der Waals surface area contributed by atoms with Crippen molar-refractivity contribution in [2.24, 2.45) is 0 Å². The maximum Gasteiger partial charge on any atom is 0.347 e. The molecule has 3 aromatic rings. The van der Waals surface area contributed by atoms with Gasteiger partial charge in [-0.1, -0.05) is 36.1 Å². The van der Waals surface area contributed by atoms with Crippen LogP contribution in [0.3, 0.4) is 0 Å². The Labute approximate surface area is 163 Å². The van der Waals surface area contributed by atoms with Crippen LogP contribution in [0.15, 0.2) is 52.9 Å². The zero-order chi connectivity index (χ0) is 20.0. The van der Waals surface area contributed by atoms with Gasteiger partial charge in [0.1, 0.15) is 11.3 Å². The van der Waals surface area contributed by atoms with Gasteiger partial charge in [-0.3, -0.25) is 0 Å². The van der Waals surface area contributed by atoms with Gasteiger partial charge in [0.05, 0.1) is 13.0 Å². The highest BCUT2D eigenvalue weighted by molar-refractivity contribution is 5.76. The Bertz CT molecular complexity index is 977. The van der Waals surface area contributed by atoms with E-state index in [-0.39, 0.29) is 0 Å². The molecule has 6 heteroatoms. The topological polar surface area (TPSA) is 84.6 Å². The molecule has 0 saturated heterocycles. The van der Waals surface area contributed by atoms with Crippen LogP contribution in [0.4, 0.5) is 0 Å². The van der Waals surface area contributed by atoms with Crippen molar-refractivity contribution >= 4 is 17.1 Å². The number of oxazole rings is 1. The molecule has 1 aromatic heterocycles. The van der Waals surface area contributed by atoms with Gasteiger partial charge in [-0.25, -0.2) is 9.78 Å². The van der Waals surface area contributed by atoms with E-state index >= 15 is 0 Å². The van der Waals surface area contributed by atoms with Crippen molar-refractivity contribution in [1.82, 2.24) is 10.3 Å². The molecule has 0 bridgehead atoms. The summed E-state index contributed by atoms with van der Waals surface area (Å²) in [6, 6.07) is 15.0. The third-order valence-electron chi connectivity index (χ3n) is 4.06. The molecule has 6 nitrogen and oxygen atoms in total. The molecule has 0 atom stereocenters. The van der Waals surface area contributed by atoms with E-state index in [1.54, 1.807) is 12.1 Å². The number of carbonyl (C=O) groups is 1. The summed E-state index contributed by atoms with van der Waals surface area (Å²) in [5.74, 6) is 6.24. The summed E-state index contributed by atoms with van der Waals surface area (Å²) < 4.78 is 11.1. The first-order valence-corrected chi connectivity index (χ1v) is 8.96. The number of hydrogen-bond acceptors (Lipinski definition) is 5. The van der Waals surface area contributed by atoms with Gasteiger partial charge >= 0.3 is 5.97 Å². The number of benzene rings is 2. The van der Waals surface area contributed by atoms with Crippen LogP contribution in [-0.4, -0.2) is 28.2 Å². The third kappa shape index (κ3) is 5.12. The Morgan fingerprint density at radius 2 is 1.93 bits per heavy atom. The summed E-state index contributed by atoms with van der Waals surface area (Å²) in [5.41, 5.74) is 1.42. The van der Waals surface area contributed by atoms with Crippen molar-refractivity contribution in [2.75, 3.05) is 6.54 Å². The zero-order valence-electron chi connectivity index (χ0n) is 15.9. The second-order valence-corrected chi connectivity index (χ2v) is 6.77. The van der Waals surface area contributed by atoms with Gasteiger partial charge in [0.25, 0.3) is 0 Å². The molecule has 0 fully saturated rings. The average molecular weight is 378 g/mol. The van der Waals surface area contributed by atoms with Crippen molar-refractivity contribution in [2.45, 2.75) is 32.4 Å². The number of aromatic nitrogens is 1. The zero-order valence-corrected chi connectivity index (χ0v) is 15.9. The van der Waals surface area contributed by atoms with Crippen molar-refractivity contribution < 1.29 is 19.1 Å². The van der Waals surface area contributed by atoms with Crippen LogP contribution >= 0.6 is 0 Å². The highest BCUT2D eigenvalue weighted by Crippen LogP contribution is 2.19. The molecule has 0 radical (unpaired) electrons. The number of nitrogens with zero attached hydrogens (tertiary/aromatic N) is 1. The van der Waals surface area contributed by atoms with Gasteiger partial charge < -0.3 is 19.6 Å². The highest BCUT2D eigenvalue weighted by atomic mass is 16.5. The lowest BCUT2D eigenvalue weighted by molar-refractivity contribution is -0.152. The minimum atomic E-state index is -1.26. The predicted molar refractivity (Wildman–Crippen MR) is 106 cm³/mol. The molecule has 0 amide bonds. The van der Waals surface area contributed by atoms with Crippen molar-refractivity contribution in [3.05, 3.63) is 60.0 Å². The van der Waals surface area contributed by atoms with Crippen LogP contribution in [0.2, 0.25) is 0 Å². The van der Waals surface area contributed by atoms with Crippen molar-refractivity contribution in [1.29, 1.82) is 0 Å². The molecular formula is C22H22N2O4. The van der Waals surface area contributed by atoms with E-state index in [2.05, 4.69) is 22.1 Å². The molecule has 144 valence electrons. The van der Waals surface area contributed by atoms with Gasteiger partial charge in [-0.05, 0) is 43.7 Å². The Balaban J connectivity index is 1.43. The van der Waals surface area contributed by atoms with Crippen molar-refractivity contribution in [3.8, 4) is 17.6 Å². The quantitative estimate of drug-likeness (QED) is 0.484. The van der Waals surface area contributed by atoms with Crippen LogP contribution < -0.4 is 10.1 Å². The number of aliphatic carboxylic acids is 1. The Kier molecular flexibility index (Phi) is 5.97. The lowest BCUT2D eigenvalue weighted by Crippen LogP contribution is -2.37. The van der Waals surface area contributed by atoms with E-state index in [9.17, 15) is 4.79 Å². The predicted octanol–water partition coefficient (Wildman–Crippen LogP) is 3.41. The average Bonchev–Trinajstić information content (AvgIpc) is 3.08. The van der Waals surface area contributed by atoms with Crippen LogP contribution in [0, 0.1) is 11.8 Å². The van der Waals surface area contributed by atoms with E-state index in [0.29, 0.717) is 31.2 Å². The standard InChI is InChI=1S/C22H22N2O4/c1-22(2,21(25)26)28-17-12-10-16(11-13-17)15-23-14-6-5-9-20-24-18-7-3-4-8-19(18)27-20/h3-4,7-8,10-13,23H,9,14-15H2,1-2H3,(H,25,26). The number of rotatable bonds is 7. The van der Waals surface area contributed by atoms with E-state index in [4.69, 9.17) is 14.3 Å². The Morgan fingerprint density at radius 3 is 2.64 bits per heavy atom. The van der Waals surface area contributed by atoms with E-state index in [0.717, 1.165) is 16.7 Å². The molecule has 28 heavy (non-hydrogen) atoms. The highest BCUT2D eigenvalue weighted by Gasteiger charge is 2.29. The first kappa shape index (κ1) is 19.5. The van der Waals surface area contributed by atoms with Crippen LogP contribution in [-0.2, 0) is 17.8 Å². The number of nitrogens with one attached hydrogen (secondary N) is 1. The summed E-state index contributed by atoms with van der Waals surface area (Å²) in [5, 5.41) is 12.3. The lowest BCUT2D eigenvalue weighted by atomic mass is 10.1. The maximum atomic E-state index is 11.1. The molecule has 0 aliphatic rings. The number of carboxylic acid groups (broad SMARTS) is 1. The molecule has 0 aliphatic carbocycles. The molecule has 1 heterocycles. The first-order chi connectivity index (χ1) is 13.4. The van der Waals surface area contributed by atoms with Crippen LogP contribution in [0.5, 0.6) is 5.75 Å². The fourth-order valence-corrected chi connectivity index (χ4v) is 2.48. The third-order valence-corrected chi connectivity index (χ3v) is 4.06. The summed E-state index contributed by atoms with van der Waals surface area (Å²) in [4.78, 5) is 15.5. The van der Waals surface area contributed by atoms with E-state index < -0.39 is 11.6 Å². The van der Waals surface area contributed by atoms with Gasteiger partial charge in [-0.2, -0.15) is 0 Å². The summed E-state index contributed by atoms with van der Waals surface area (Å²) in [6.07, 6.45) is 0.474. The Hall–Kier alpha value is -3.30. The molecule has 0 spiro atoms. The molecule has 0 aliphatic heterocycles. The second-order valence-electron chi connectivity index (χ2n) is 6.77. The minimum Gasteiger partial charge on any atom is -0.478 e. The monoisotopic (exact) mass is 378 g/mol. The SMILES string of the molecule is CC(C)(Oc1ccc(CNCC#CCc2nc3ccccc3o2)cc1)C(=O)O. The smallest absolute Gasteiger partial charge is 0.347 e. The van der Waals surface area contributed by atoms with Gasteiger partial charge in [-0.15, -0.1) is 0 Å². The molecule has 2 N–H and O–H groups in total. The lowest BCUT2D eigenvalue weighted by Gasteiger charge is -2.21. The first-order valence-electron chi connectivity index (χ1n) is 8.96. The summed E-state index contributed by atoms with van der Waals surface area (Å²) >= 11 is 0. The van der Waals surface area contributed by atoms with Crippen LogP contribution in [0.25, 0.3) is 11.1 Å². The molecular weight excluding hydrogens is 356 g/mol. The van der Waals surface area contributed by atoms with E-state index in [1.807, 2.05) is 36.4 Å². The number of carboxylic acids is 1. The van der Waals surface area contributed by atoms with E-state index in [1.165, 1.54) is 13.8 Å². The molecule has 0 unspecified atom stereocenters. The molecule has 3 rings (SSSR count). The number of para-hydroxylation sites is 2. The fraction of sp³-hybridized carbons (Fsp3) is 0.273. The van der Waals surface area contributed by atoms with Crippen LogP contribution in [0.1, 0.15) is 25.3 Å². The second kappa shape index (κ2) is 8.59. The normalized spacial score (nSPS) is 11.1. The summed E-state index contributed by atoms with van der Waals surface area (Å²) in [7, 11) is 0. The minimum absolute atomic E-state index is 0.474. The fourth-order valence-electron chi connectivity index (χ4n) is 2.48. The number of fused-ring (bicyclic) bond motifs is 1. The van der Waals surface area contributed by atoms with Gasteiger partial charge in [0.15, 0.2) is 11.2 Å². The maximum absolute atomic E-state index is 11.1. The summed E-state index contributed by atoms with van der Waals surface area (Å²) in [6.45, 7) is 4.24. The number of ether oxygens (including phenoxy) is 1. The van der Waals surface area contributed by atoms with Crippen molar-refractivity contribution in [3.63, 3.8) is 0 Å². The Morgan fingerprint density at radius 1 is 1.18 bits per heavy atom. The largest absolute Gasteiger partial charge is 0.478 e. The van der Waals surface area contributed by atoms with Gasteiger partial charge in [0, 0.05) is 6.54 Å².